The largest absolute Gasteiger partial charge is 0.481 e. The minimum absolute atomic E-state index is 0.0861. The van der Waals surface area contributed by atoms with Crippen LogP contribution in [0.25, 0.3) is 5.65 Å². The lowest BCUT2D eigenvalue weighted by Crippen LogP contribution is -2.35. The summed E-state index contributed by atoms with van der Waals surface area (Å²) in [6.07, 6.45) is 4.82. The Balaban J connectivity index is 1.63. The number of aliphatic carboxylic acids is 1. The molecule has 22 heavy (non-hydrogen) atoms. The van der Waals surface area contributed by atoms with Crippen LogP contribution in [0.15, 0.2) is 35.3 Å². The van der Waals surface area contributed by atoms with Crippen molar-refractivity contribution in [1.82, 2.24) is 14.7 Å². The highest BCUT2D eigenvalue weighted by atomic mass is 16.4. The molecule has 116 valence electrons. The molecule has 0 saturated heterocycles. The summed E-state index contributed by atoms with van der Waals surface area (Å²) in [4.78, 5) is 27.4. The van der Waals surface area contributed by atoms with Gasteiger partial charge in [0.05, 0.1) is 11.6 Å². The molecule has 1 fully saturated rings. The second kappa shape index (κ2) is 6.27. The number of carboxylic acids is 1. The average molecular weight is 301 g/mol. The number of hydrogen-bond acceptors (Lipinski definition) is 4. The molecule has 6 heteroatoms. The van der Waals surface area contributed by atoms with Gasteiger partial charge in [0.15, 0.2) is 0 Å². The summed E-state index contributed by atoms with van der Waals surface area (Å²) in [5, 5.41) is 12.4. The predicted molar refractivity (Wildman–Crippen MR) is 81.7 cm³/mol. The van der Waals surface area contributed by atoms with Crippen LogP contribution in [0.1, 0.15) is 31.4 Å². The smallest absolute Gasteiger partial charge is 0.306 e. The van der Waals surface area contributed by atoms with Gasteiger partial charge >= 0.3 is 5.97 Å². The molecule has 2 heterocycles. The molecule has 3 rings (SSSR count). The maximum absolute atomic E-state index is 12.0. The molecule has 0 atom stereocenters. The number of hydrogen-bond donors (Lipinski definition) is 2. The highest BCUT2D eigenvalue weighted by molar-refractivity contribution is 5.70. The van der Waals surface area contributed by atoms with Gasteiger partial charge < -0.3 is 10.4 Å². The van der Waals surface area contributed by atoms with Crippen LogP contribution in [-0.4, -0.2) is 26.5 Å². The van der Waals surface area contributed by atoms with Crippen molar-refractivity contribution in [3.63, 3.8) is 0 Å². The van der Waals surface area contributed by atoms with E-state index in [1.54, 1.807) is 18.3 Å². The molecule has 0 aliphatic heterocycles. The third kappa shape index (κ3) is 3.17. The Morgan fingerprint density at radius 1 is 1.32 bits per heavy atom. The number of aromatic nitrogens is 2. The summed E-state index contributed by atoms with van der Waals surface area (Å²) in [6.45, 7) is 0.531. The van der Waals surface area contributed by atoms with Crippen LogP contribution in [-0.2, 0) is 11.3 Å². The summed E-state index contributed by atoms with van der Waals surface area (Å²) in [5.41, 5.74) is 1.27. The fourth-order valence-corrected chi connectivity index (χ4v) is 2.99. The lowest BCUT2D eigenvalue weighted by Gasteiger charge is -2.26. The summed E-state index contributed by atoms with van der Waals surface area (Å²) in [7, 11) is 0. The molecule has 0 unspecified atom stereocenters. The Labute approximate surface area is 127 Å². The van der Waals surface area contributed by atoms with E-state index in [1.165, 1.54) is 4.40 Å². The molecule has 0 aromatic carbocycles. The molecule has 0 radical (unpaired) electrons. The third-order valence-electron chi connectivity index (χ3n) is 4.27. The monoisotopic (exact) mass is 301 g/mol. The van der Waals surface area contributed by atoms with Gasteiger partial charge in [-0.2, -0.15) is 0 Å². The first-order valence-electron chi connectivity index (χ1n) is 7.57. The van der Waals surface area contributed by atoms with E-state index in [0.29, 0.717) is 31.1 Å². The zero-order chi connectivity index (χ0) is 15.5. The van der Waals surface area contributed by atoms with Crippen molar-refractivity contribution in [3.05, 3.63) is 46.5 Å². The van der Waals surface area contributed by atoms with Crippen LogP contribution >= 0.6 is 0 Å². The van der Waals surface area contributed by atoms with Gasteiger partial charge in [0.25, 0.3) is 5.56 Å². The minimum Gasteiger partial charge on any atom is -0.481 e. The standard InChI is InChI=1S/C16H19N3O3/c20-15-9-13(18-14-3-1-2-8-19(14)15)10-17-12-6-4-11(5-7-12)16(21)22/h1-3,8-9,11-12,17H,4-7,10H2,(H,21,22). The van der Waals surface area contributed by atoms with E-state index in [0.717, 1.165) is 18.5 Å². The molecule has 0 amide bonds. The van der Waals surface area contributed by atoms with Crippen LogP contribution in [0.3, 0.4) is 0 Å². The van der Waals surface area contributed by atoms with Gasteiger partial charge in [-0.05, 0) is 37.8 Å². The van der Waals surface area contributed by atoms with Crippen LogP contribution in [0.4, 0.5) is 0 Å². The summed E-state index contributed by atoms with van der Waals surface area (Å²) in [6, 6.07) is 7.30. The number of pyridine rings is 1. The molecule has 6 nitrogen and oxygen atoms in total. The Morgan fingerprint density at radius 3 is 2.82 bits per heavy atom. The molecule has 2 aromatic rings. The Bertz CT molecular complexity index is 733. The predicted octanol–water partition coefficient (Wildman–Crippen LogP) is 1.43. The van der Waals surface area contributed by atoms with Gasteiger partial charge in [0.2, 0.25) is 0 Å². The molecule has 1 aliphatic carbocycles. The molecule has 2 aromatic heterocycles. The van der Waals surface area contributed by atoms with Gasteiger partial charge in [0, 0.05) is 24.8 Å². The van der Waals surface area contributed by atoms with Crippen LogP contribution in [0, 0.1) is 5.92 Å². The number of carbonyl (C=O) groups is 1. The van der Waals surface area contributed by atoms with Gasteiger partial charge in [-0.3, -0.25) is 14.0 Å². The minimum atomic E-state index is -0.692. The van der Waals surface area contributed by atoms with E-state index in [1.807, 2.05) is 12.1 Å². The van der Waals surface area contributed by atoms with Crippen molar-refractivity contribution in [3.8, 4) is 0 Å². The SMILES string of the molecule is O=C(O)C1CCC(NCc2cc(=O)n3ccccc3n2)CC1. The number of nitrogens with one attached hydrogen (secondary N) is 1. The van der Waals surface area contributed by atoms with Crippen LogP contribution in [0.2, 0.25) is 0 Å². The first-order chi connectivity index (χ1) is 10.6. The zero-order valence-corrected chi connectivity index (χ0v) is 12.2. The quantitative estimate of drug-likeness (QED) is 0.892. The highest BCUT2D eigenvalue weighted by Gasteiger charge is 2.25. The third-order valence-corrected chi connectivity index (χ3v) is 4.27. The Morgan fingerprint density at radius 2 is 2.09 bits per heavy atom. The van der Waals surface area contributed by atoms with Crippen molar-refractivity contribution < 1.29 is 9.90 Å². The highest BCUT2D eigenvalue weighted by Crippen LogP contribution is 2.24. The topological polar surface area (TPSA) is 83.7 Å². The normalized spacial score (nSPS) is 21.8. The fourth-order valence-electron chi connectivity index (χ4n) is 2.99. The maximum atomic E-state index is 12.0. The maximum Gasteiger partial charge on any atom is 0.306 e. The van der Waals surface area contributed by atoms with E-state index in [-0.39, 0.29) is 11.5 Å². The molecule has 1 aliphatic rings. The lowest BCUT2D eigenvalue weighted by molar-refractivity contribution is -0.142. The first-order valence-corrected chi connectivity index (χ1v) is 7.57. The van der Waals surface area contributed by atoms with E-state index < -0.39 is 5.97 Å². The van der Waals surface area contributed by atoms with Crippen molar-refractivity contribution >= 4 is 11.6 Å². The van der Waals surface area contributed by atoms with Crippen molar-refractivity contribution in [2.75, 3.05) is 0 Å². The molecule has 1 saturated carbocycles. The summed E-state index contributed by atoms with van der Waals surface area (Å²) in [5.74, 6) is -0.899. The molecular formula is C16H19N3O3. The first kappa shape index (κ1) is 14.7. The van der Waals surface area contributed by atoms with E-state index in [9.17, 15) is 9.59 Å². The van der Waals surface area contributed by atoms with Gasteiger partial charge in [-0.25, -0.2) is 4.98 Å². The molecular weight excluding hydrogens is 282 g/mol. The summed E-state index contributed by atoms with van der Waals surface area (Å²) >= 11 is 0. The van der Waals surface area contributed by atoms with E-state index >= 15 is 0 Å². The van der Waals surface area contributed by atoms with Crippen LogP contribution in [0.5, 0.6) is 0 Å². The van der Waals surface area contributed by atoms with E-state index in [4.69, 9.17) is 5.11 Å². The van der Waals surface area contributed by atoms with Crippen molar-refractivity contribution in [2.24, 2.45) is 5.92 Å². The van der Waals surface area contributed by atoms with Gasteiger partial charge in [-0.15, -0.1) is 0 Å². The Kier molecular flexibility index (Phi) is 4.20. The summed E-state index contributed by atoms with van der Waals surface area (Å²) < 4.78 is 1.52. The Hall–Kier alpha value is -2.21. The number of fused-ring (bicyclic) bond motifs is 1. The van der Waals surface area contributed by atoms with Gasteiger partial charge in [0.1, 0.15) is 5.65 Å². The number of carboxylic acid groups (broad SMARTS) is 1. The second-order valence-corrected chi connectivity index (χ2v) is 5.78. The van der Waals surface area contributed by atoms with Crippen molar-refractivity contribution in [1.29, 1.82) is 0 Å². The van der Waals surface area contributed by atoms with Crippen LogP contribution < -0.4 is 10.9 Å². The van der Waals surface area contributed by atoms with E-state index in [2.05, 4.69) is 10.3 Å². The lowest BCUT2D eigenvalue weighted by atomic mass is 9.86. The van der Waals surface area contributed by atoms with Gasteiger partial charge in [-0.1, -0.05) is 6.07 Å². The second-order valence-electron chi connectivity index (χ2n) is 5.78. The number of nitrogens with zero attached hydrogens (tertiary/aromatic N) is 2. The zero-order valence-electron chi connectivity index (χ0n) is 12.2. The van der Waals surface area contributed by atoms with Crippen molar-refractivity contribution in [2.45, 2.75) is 38.3 Å². The molecule has 0 bridgehead atoms. The molecule has 2 N–H and O–H groups in total. The average Bonchev–Trinajstić information content (AvgIpc) is 2.53. The molecule has 0 spiro atoms. The number of rotatable bonds is 4. The fraction of sp³-hybridized carbons (Fsp3) is 0.438.